The number of carbonyl (C=O) groups excluding carboxylic acids is 2. The van der Waals surface area contributed by atoms with E-state index in [2.05, 4.69) is 5.32 Å². The Labute approximate surface area is 109 Å². The average molecular weight is 258 g/mol. The summed E-state index contributed by atoms with van der Waals surface area (Å²) < 4.78 is 4.70. The van der Waals surface area contributed by atoms with E-state index >= 15 is 0 Å². The summed E-state index contributed by atoms with van der Waals surface area (Å²) in [6, 6.07) is -1.20. The fourth-order valence-corrected chi connectivity index (χ4v) is 1.67. The molecule has 5 heteroatoms. The molecule has 3 atom stereocenters. The Morgan fingerprint density at radius 1 is 1.28 bits per heavy atom. The van der Waals surface area contributed by atoms with Crippen LogP contribution in [-0.2, 0) is 14.3 Å². The molecule has 18 heavy (non-hydrogen) atoms. The van der Waals surface area contributed by atoms with Crippen molar-refractivity contribution in [1.82, 2.24) is 5.32 Å². The summed E-state index contributed by atoms with van der Waals surface area (Å²) >= 11 is 0. The zero-order valence-corrected chi connectivity index (χ0v) is 12.0. The molecule has 0 aromatic carbocycles. The van der Waals surface area contributed by atoms with E-state index in [0.29, 0.717) is 12.3 Å². The van der Waals surface area contributed by atoms with E-state index in [1.165, 1.54) is 7.11 Å². The van der Waals surface area contributed by atoms with Crippen LogP contribution in [0.1, 0.15) is 40.5 Å². The molecule has 0 radical (unpaired) electrons. The maximum atomic E-state index is 11.9. The monoisotopic (exact) mass is 258 g/mol. The van der Waals surface area contributed by atoms with Gasteiger partial charge >= 0.3 is 5.97 Å². The molecule has 3 unspecified atom stereocenters. The topological polar surface area (TPSA) is 81.4 Å². The van der Waals surface area contributed by atoms with Crippen molar-refractivity contribution in [2.24, 2.45) is 17.6 Å². The molecule has 0 aliphatic rings. The van der Waals surface area contributed by atoms with E-state index in [1.54, 1.807) is 0 Å². The SMILES string of the molecule is CCC(C)C(NC(=O)C(N)CC(C)C)C(=O)OC. The summed E-state index contributed by atoms with van der Waals surface area (Å²) in [5, 5.41) is 2.69. The van der Waals surface area contributed by atoms with Crippen LogP contribution in [0.2, 0.25) is 0 Å². The number of ether oxygens (including phenoxy) is 1. The first-order valence-electron chi connectivity index (χ1n) is 6.47. The minimum absolute atomic E-state index is 0.0210. The highest BCUT2D eigenvalue weighted by Crippen LogP contribution is 2.10. The van der Waals surface area contributed by atoms with Crippen molar-refractivity contribution >= 4 is 11.9 Å². The van der Waals surface area contributed by atoms with Crippen LogP contribution in [-0.4, -0.2) is 31.1 Å². The minimum atomic E-state index is -0.620. The lowest BCUT2D eigenvalue weighted by atomic mass is 9.98. The molecule has 0 heterocycles. The maximum absolute atomic E-state index is 11.9. The highest BCUT2D eigenvalue weighted by Gasteiger charge is 2.28. The van der Waals surface area contributed by atoms with Gasteiger partial charge in [0.1, 0.15) is 6.04 Å². The molecule has 0 aliphatic carbocycles. The summed E-state index contributed by atoms with van der Waals surface area (Å²) in [5.41, 5.74) is 5.79. The van der Waals surface area contributed by atoms with Crippen LogP contribution in [0.15, 0.2) is 0 Å². The third kappa shape index (κ3) is 5.49. The van der Waals surface area contributed by atoms with E-state index < -0.39 is 18.1 Å². The molecule has 0 rings (SSSR count). The fourth-order valence-electron chi connectivity index (χ4n) is 1.67. The predicted molar refractivity (Wildman–Crippen MR) is 70.8 cm³/mol. The first-order valence-corrected chi connectivity index (χ1v) is 6.47. The Bertz CT molecular complexity index is 279. The molecule has 0 aliphatic heterocycles. The van der Waals surface area contributed by atoms with Crippen molar-refractivity contribution in [3.63, 3.8) is 0 Å². The van der Waals surface area contributed by atoms with Gasteiger partial charge in [-0.2, -0.15) is 0 Å². The Kier molecular flexibility index (Phi) is 7.59. The highest BCUT2D eigenvalue weighted by atomic mass is 16.5. The molecule has 0 aromatic rings. The number of nitrogens with two attached hydrogens (primary N) is 1. The first-order chi connectivity index (χ1) is 8.33. The van der Waals surface area contributed by atoms with Crippen LogP contribution in [0.25, 0.3) is 0 Å². The molecule has 1 amide bonds. The van der Waals surface area contributed by atoms with Crippen molar-refractivity contribution in [3.05, 3.63) is 0 Å². The molecule has 0 saturated carbocycles. The Morgan fingerprint density at radius 2 is 1.83 bits per heavy atom. The van der Waals surface area contributed by atoms with Gasteiger partial charge < -0.3 is 15.8 Å². The van der Waals surface area contributed by atoms with Crippen molar-refractivity contribution in [3.8, 4) is 0 Å². The molecule has 0 saturated heterocycles. The van der Waals surface area contributed by atoms with Gasteiger partial charge in [-0.3, -0.25) is 4.79 Å². The summed E-state index contributed by atoms with van der Waals surface area (Å²) in [5.74, 6) is -0.354. The van der Waals surface area contributed by atoms with Gasteiger partial charge in [-0.15, -0.1) is 0 Å². The normalized spacial score (nSPS) is 15.9. The van der Waals surface area contributed by atoms with Crippen molar-refractivity contribution in [2.45, 2.75) is 52.6 Å². The van der Waals surface area contributed by atoms with Gasteiger partial charge in [-0.05, 0) is 18.3 Å². The summed E-state index contributed by atoms with van der Waals surface area (Å²) in [6.07, 6.45) is 1.37. The molecular formula is C13H26N2O3. The molecule has 0 fully saturated rings. The molecule has 3 N–H and O–H groups in total. The van der Waals surface area contributed by atoms with Gasteiger partial charge in [0.15, 0.2) is 0 Å². The lowest BCUT2D eigenvalue weighted by Gasteiger charge is -2.24. The number of rotatable bonds is 7. The second-order valence-corrected chi connectivity index (χ2v) is 5.13. The lowest BCUT2D eigenvalue weighted by Crippen LogP contribution is -2.51. The molecule has 0 bridgehead atoms. The largest absolute Gasteiger partial charge is 0.467 e. The van der Waals surface area contributed by atoms with Crippen LogP contribution in [0.3, 0.4) is 0 Å². The minimum Gasteiger partial charge on any atom is -0.467 e. The lowest BCUT2D eigenvalue weighted by molar-refractivity contribution is -0.146. The van der Waals surface area contributed by atoms with Gasteiger partial charge in [-0.1, -0.05) is 34.1 Å². The molecular weight excluding hydrogens is 232 g/mol. The van der Waals surface area contributed by atoms with Crippen molar-refractivity contribution in [2.75, 3.05) is 7.11 Å². The van der Waals surface area contributed by atoms with Crippen LogP contribution < -0.4 is 11.1 Å². The van der Waals surface area contributed by atoms with Crippen LogP contribution in [0.5, 0.6) is 0 Å². The van der Waals surface area contributed by atoms with Gasteiger partial charge in [0.2, 0.25) is 5.91 Å². The highest BCUT2D eigenvalue weighted by molar-refractivity contribution is 5.87. The van der Waals surface area contributed by atoms with E-state index in [0.717, 1.165) is 6.42 Å². The predicted octanol–water partition coefficient (Wildman–Crippen LogP) is 1.06. The molecule has 0 aromatic heterocycles. The molecule has 0 spiro atoms. The van der Waals surface area contributed by atoms with Gasteiger partial charge in [0.25, 0.3) is 0 Å². The zero-order valence-electron chi connectivity index (χ0n) is 12.0. The van der Waals surface area contributed by atoms with E-state index in [1.807, 2.05) is 27.7 Å². The molecule has 106 valence electrons. The average Bonchev–Trinajstić information content (AvgIpc) is 2.32. The number of methoxy groups -OCH3 is 1. The van der Waals surface area contributed by atoms with E-state index in [-0.39, 0.29) is 11.8 Å². The second-order valence-electron chi connectivity index (χ2n) is 5.13. The van der Waals surface area contributed by atoms with Crippen molar-refractivity contribution < 1.29 is 14.3 Å². The summed E-state index contributed by atoms with van der Waals surface area (Å²) in [4.78, 5) is 23.5. The van der Waals surface area contributed by atoms with Gasteiger partial charge in [0.05, 0.1) is 13.2 Å². The number of carbonyl (C=O) groups is 2. The smallest absolute Gasteiger partial charge is 0.328 e. The third-order valence-electron chi connectivity index (χ3n) is 3.03. The standard InChI is InChI=1S/C13H26N2O3/c1-6-9(4)11(13(17)18-5)15-12(16)10(14)7-8(2)3/h8-11H,6-7,14H2,1-5H3,(H,15,16). The number of nitrogens with one attached hydrogen (secondary N) is 1. The third-order valence-corrected chi connectivity index (χ3v) is 3.03. The maximum Gasteiger partial charge on any atom is 0.328 e. The van der Waals surface area contributed by atoms with E-state index in [4.69, 9.17) is 10.5 Å². The zero-order chi connectivity index (χ0) is 14.3. The van der Waals surface area contributed by atoms with E-state index in [9.17, 15) is 9.59 Å². The van der Waals surface area contributed by atoms with Crippen LogP contribution >= 0.6 is 0 Å². The Morgan fingerprint density at radius 3 is 2.22 bits per heavy atom. The number of esters is 1. The molecule has 5 nitrogen and oxygen atoms in total. The number of hydrogen-bond donors (Lipinski definition) is 2. The quantitative estimate of drug-likeness (QED) is 0.669. The Balaban J connectivity index is 4.58. The number of amides is 1. The second kappa shape index (κ2) is 8.08. The van der Waals surface area contributed by atoms with Crippen molar-refractivity contribution in [1.29, 1.82) is 0 Å². The Hall–Kier alpha value is -1.10. The van der Waals surface area contributed by atoms with Gasteiger partial charge in [-0.25, -0.2) is 4.79 Å². The summed E-state index contributed by atoms with van der Waals surface area (Å²) in [6.45, 7) is 7.86. The first kappa shape index (κ1) is 16.9. The fraction of sp³-hybridized carbons (Fsp3) is 0.846. The van der Waals surface area contributed by atoms with Crippen LogP contribution in [0, 0.1) is 11.8 Å². The van der Waals surface area contributed by atoms with Gasteiger partial charge in [0, 0.05) is 0 Å². The van der Waals surface area contributed by atoms with Crippen LogP contribution in [0.4, 0.5) is 0 Å². The summed E-state index contributed by atoms with van der Waals surface area (Å²) in [7, 11) is 1.32. The number of hydrogen-bond acceptors (Lipinski definition) is 4.